The van der Waals surface area contributed by atoms with Crippen molar-refractivity contribution in [3.63, 3.8) is 0 Å². The van der Waals surface area contributed by atoms with E-state index in [1.165, 1.54) is 24.3 Å². The van der Waals surface area contributed by atoms with Crippen LogP contribution in [-0.4, -0.2) is 43.8 Å². The number of likely N-dealkylation sites (tertiary alicyclic amines) is 1. The third kappa shape index (κ3) is 6.77. The predicted octanol–water partition coefficient (Wildman–Crippen LogP) is 4.46. The Morgan fingerprint density at radius 2 is 1.64 bits per heavy atom. The average Bonchev–Trinajstić information content (AvgIpc) is 2.74. The van der Waals surface area contributed by atoms with Crippen molar-refractivity contribution < 1.29 is 22.3 Å². The zero-order chi connectivity index (χ0) is 24.2. The first kappa shape index (κ1) is 24.7. The fraction of sp³-hybridized carbons (Fsp3) is 0.417. The van der Waals surface area contributed by atoms with Gasteiger partial charge >= 0.3 is 6.09 Å². The normalized spacial score (nSPS) is 15.9. The number of sulfonamides is 1. The first-order chi connectivity index (χ1) is 15.4. The highest BCUT2D eigenvalue weighted by atomic mass is 32.2. The molecule has 1 amide bonds. The van der Waals surface area contributed by atoms with Crippen LogP contribution in [0.4, 0.5) is 9.18 Å². The van der Waals surface area contributed by atoms with Crippen LogP contribution in [-0.2, 0) is 14.8 Å². The van der Waals surface area contributed by atoms with Crippen molar-refractivity contribution >= 4 is 21.8 Å². The van der Waals surface area contributed by atoms with E-state index < -0.39 is 21.4 Å². The topological polar surface area (TPSA) is 88.1 Å². The van der Waals surface area contributed by atoms with Gasteiger partial charge in [-0.05, 0) is 70.4 Å². The number of aryl methyl sites for hydroxylation is 1. The molecular weight excluding hydrogens is 445 g/mol. The van der Waals surface area contributed by atoms with Crippen LogP contribution in [0.15, 0.2) is 58.5 Å². The van der Waals surface area contributed by atoms with Crippen LogP contribution in [0.2, 0.25) is 0 Å². The maximum absolute atomic E-state index is 13.5. The highest BCUT2D eigenvalue weighted by Gasteiger charge is 2.30. The minimum atomic E-state index is -3.87. The number of rotatable bonds is 5. The van der Waals surface area contributed by atoms with Gasteiger partial charge in [0.15, 0.2) is 0 Å². The lowest BCUT2D eigenvalue weighted by Crippen LogP contribution is -2.43. The molecule has 0 atom stereocenters. The molecule has 1 aliphatic heterocycles. The number of piperidine rings is 1. The Balaban J connectivity index is 1.80. The molecule has 0 spiro atoms. The number of hydrogen-bond donors (Lipinski definition) is 1. The van der Waals surface area contributed by atoms with Gasteiger partial charge in [0.25, 0.3) is 10.0 Å². The van der Waals surface area contributed by atoms with Gasteiger partial charge in [-0.3, -0.25) is 0 Å². The second kappa shape index (κ2) is 9.91. The molecule has 2 aromatic carbocycles. The summed E-state index contributed by atoms with van der Waals surface area (Å²) in [5.74, 6) is -0.507. The molecule has 3 rings (SSSR count). The molecule has 1 fully saturated rings. The summed E-state index contributed by atoms with van der Waals surface area (Å²) in [6, 6.07) is 12.2. The van der Waals surface area contributed by atoms with Gasteiger partial charge in [-0.2, -0.15) is 18.4 Å². The highest BCUT2D eigenvalue weighted by Crippen LogP contribution is 2.24. The molecule has 1 N–H and O–H groups in total. The number of hydrazone groups is 1. The zero-order valence-corrected chi connectivity index (χ0v) is 20.2. The molecule has 0 aliphatic carbocycles. The summed E-state index contributed by atoms with van der Waals surface area (Å²) < 4.78 is 44.4. The van der Waals surface area contributed by atoms with E-state index in [0.29, 0.717) is 37.2 Å². The summed E-state index contributed by atoms with van der Waals surface area (Å²) in [5, 5.41) is 4.27. The minimum absolute atomic E-state index is 0.107. The molecule has 1 heterocycles. The van der Waals surface area contributed by atoms with Crippen molar-refractivity contribution in [3.8, 4) is 0 Å². The summed E-state index contributed by atoms with van der Waals surface area (Å²) in [6.45, 7) is 8.22. The SMILES string of the molecule is Cc1ccc(S(=O)(=O)N/N=C(/c2ccc(F)cc2)C2CCN(C(=O)OC(C)(C)C)CC2)cc1. The van der Waals surface area contributed by atoms with Crippen molar-refractivity contribution in [2.75, 3.05) is 13.1 Å². The van der Waals surface area contributed by atoms with Crippen molar-refractivity contribution in [3.05, 3.63) is 65.5 Å². The molecule has 33 heavy (non-hydrogen) atoms. The fourth-order valence-corrected chi connectivity index (χ4v) is 4.37. The third-order valence-corrected chi connectivity index (χ3v) is 6.52. The van der Waals surface area contributed by atoms with E-state index in [4.69, 9.17) is 4.74 Å². The minimum Gasteiger partial charge on any atom is -0.444 e. The summed E-state index contributed by atoms with van der Waals surface area (Å²) in [4.78, 5) is 16.5. The molecular formula is C24H30FN3O4S. The molecule has 0 radical (unpaired) electrons. The molecule has 1 saturated heterocycles. The van der Waals surface area contributed by atoms with Gasteiger partial charge in [-0.1, -0.05) is 29.8 Å². The number of carbonyl (C=O) groups excluding carboxylic acids is 1. The first-order valence-electron chi connectivity index (χ1n) is 10.8. The van der Waals surface area contributed by atoms with E-state index >= 15 is 0 Å². The lowest BCUT2D eigenvalue weighted by molar-refractivity contribution is 0.0202. The lowest BCUT2D eigenvalue weighted by Gasteiger charge is -2.34. The first-order valence-corrected chi connectivity index (χ1v) is 12.3. The molecule has 0 saturated carbocycles. The van der Waals surface area contributed by atoms with Crippen molar-refractivity contribution in [2.45, 2.75) is 51.0 Å². The van der Waals surface area contributed by atoms with Crippen molar-refractivity contribution in [1.82, 2.24) is 9.73 Å². The number of halogens is 1. The van der Waals surface area contributed by atoms with E-state index in [1.807, 2.05) is 27.7 Å². The van der Waals surface area contributed by atoms with E-state index in [2.05, 4.69) is 9.93 Å². The summed E-state index contributed by atoms with van der Waals surface area (Å²) >= 11 is 0. The standard InChI is InChI=1S/C24H30FN3O4S/c1-17-5-11-21(12-6-17)33(30,31)27-26-22(18-7-9-20(25)10-8-18)19-13-15-28(16-14-19)23(29)32-24(2,3)4/h5-12,19,27H,13-16H2,1-4H3/b26-22-. The van der Waals surface area contributed by atoms with Crippen LogP contribution in [0, 0.1) is 18.7 Å². The number of benzene rings is 2. The molecule has 0 unspecified atom stereocenters. The highest BCUT2D eigenvalue weighted by molar-refractivity contribution is 7.89. The van der Waals surface area contributed by atoms with Crippen molar-refractivity contribution in [2.24, 2.45) is 11.0 Å². The monoisotopic (exact) mass is 475 g/mol. The van der Waals surface area contributed by atoms with Gasteiger partial charge in [0.2, 0.25) is 0 Å². The molecule has 0 bridgehead atoms. The number of nitrogens with one attached hydrogen (secondary N) is 1. The van der Waals surface area contributed by atoms with Gasteiger partial charge in [0.05, 0.1) is 10.6 Å². The second-order valence-corrected chi connectivity index (χ2v) is 10.8. The summed E-state index contributed by atoms with van der Waals surface area (Å²) in [5.41, 5.74) is 1.50. The van der Waals surface area contributed by atoms with E-state index in [9.17, 15) is 17.6 Å². The number of carbonyl (C=O) groups is 1. The summed E-state index contributed by atoms with van der Waals surface area (Å²) in [6.07, 6.45) is 0.768. The Labute approximate surface area is 194 Å². The molecule has 1 aliphatic rings. The largest absolute Gasteiger partial charge is 0.444 e. The Morgan fingerprint density at radius 1 is 1.06 bits per heavy atom. The van der Waals surface area contributed by atoms with E-state index in [0.717, 1.165) is 5.56 Å². The second-order valence-electron chi connectivity index (χ2n) is 9.15. The molecule has 0 aromatic heterocycles. The quantitative estimate of drug-likeness (QED) is 0.511. The van der Waals surface area contributed by atoms with Gasteiger partial charge in [-0.25, -0.2) is 9.18 Å². The van der Waals surface area contributed by atoms with E-state index in [-0.39, 0.29) is 16.9 Å². The maximum Gasteiger partial charge on any atom is 0.410 e. The molecule has 2 aromatic rings. The predicted molar refractivity (Wildman–Crippen MR) is 125 cm³/mol. The molecule has 9 heteroatoms. The van der Waals surface area contributed by atoms with Crippen LogP contribution >= 0.6 is 0 Å². The Bertz CT molecular complexity index is 1100. The van der Waals surface area contributed by atoms with Crippen LogP contribution in [0.1, 0.15) is 44.7 Å². The number of nitrogens with zero attached hydrogens (tertiary/aromatic N) is 2. The Morgan fingerprint density at radius 3 is 2.18 bits per heavy atom. The van der Waals surface area contributed by atoms with Crippen molar-refractivity contribution in [1.29, 1.82) is 0 Å². The fourth-order valence-electron chi connectivity index (χ4n) is 3.55. The van der Waals surface area contributed by atoms with E-state index in [1.54, 1.807) is 29.2 Å². The third-order valence-electron chi connectivity index (χ3n) is 5.29. The molecule has 7 nitrogen and oxygen atoms in total. The van der Waals surface area contributed by atoms with Gasteiger partial charge < -0.3 is 9.64 Å². The number of amides is 1. The number of ether oxygens (including phenoxy) is 1. The molecule has 178 valence electrons. The Hall–Kier alpha value is -2.94. The zero-order valence-electron chi connectivity index (χ0n) is 19.3. The van der Waals surface area contributed by atoms with Gasteiger partial charge in [-0.15, -0.1) is 0 Å². The van der Waals surface area contributed by atoms with Crippen LogP contribution < -0.4 is 4.83 Å². The number of hydrogen-bond acceptors (Lipinski definition) is 5. The smallest absolute Gasteiger partial charge is 0.410 e. The lowest BCUT2D eigenvalue weighted by atomic mass is 9.88. The van der Waals surface area contributed by atoms with Gasteiger partial charge in [0, 0.05) is 19.0 Å². The maximum atomic E-state index is 13.5. The van der Waals surface area contributed by atoms with Crippen LogP contribution in [0.25, 0.3) is 0 Å². The van der Waals surface area contributed by atoms with Crippen LogP contribution in [0.3, 0.4) is 0 Å². The van der Waals surface area contributed by atoms with Crippen LogP contribution in [0.5, 0.6) is 0 Å². The summed E-state index contributed by atoms with van der Waals surface area (Å²) in [7, 11) is -3.87. The van der Waals surface area contributed by atoms with Gasteiger partial charge in [0.1, 0.15) is 11.4 Å². The average molecular weight is 476 g/mol. The Kier molecular flexibility index (Phi) is 7.41.